The largest absolute Gasteiger partial charge is 0.262 e. The molecule has 0 saturated carbocycles. The second kappa shape index (κ2) is 14.6. The van der Waals surface area contributed by atoms with Crippen LogP contribution in [0.15, 0.2) is 0 Å². The third-order valence-corrected chi connectivity index (χ3v) is 11.5. The molecule has 6 atom stereocenters. The van der Waals surface area contributed by atoms with Gasteiger partial charge >= 0.3 is 0 Å². The highest BCUT2D eigenvalue weighted by molar-refractivity contribution is 6.59. The van der Waals surface area contributed by atoms with Crippen molar-refractivity contribution in [1.29, 1.82) is 0 Å². The van der Waals surface area contributed by atoms with E-state index in [0.29, 0.717) is 0 Å². The molecule has 0 rings (SSSR count). The second-order valence-corrected chi connectivity index (χ2v) is 12.9. The molecule has 150 valence electrons. The van der Waals surface area contributed by atoms with Crippen LogP contribution in [0.3, 0.4) is 0 Å². The van der Waals surface area contributed by atoms with Gasteiger partial charge in [0.1, 0.15) is 0 Å². The summed E-state index contributed by atoms with van der Waals surface area (Å²) >= 11 is -0.651. The van der Waals surface area contributed by atoms with Crippen LogP contribution in [0.4, 0.5) is 0 Å². The van der Waals surface area contributed by atoms with E-state index >= 15 is 0 Å². The van der Waals surface area contributed by atoms with E-state index in [9.17, 15) is 0 Å². The van der Waals surface area contributed by atoms with E-state index in [-0.39, 0.29) is 0 Å². The first kappa shape index (κ1) is 25.5. The Balaban J connectivity index is 4.85. The first-order valence-corrected chi connectivity index (χ1v) is 14.2. The molecular weight excluding hydrogens is 315 g/mol. The van der Waals surface area contributed by atoms with E-state index in [0.717, 1.165) is 35.5 Å². The third-order valence-electron chi connectivity index (χ3n) is 7.26. The fourth-order valence-corrected chi connectivity index (χ4v) is 9.91. The van der Waals surface area contributed by atoms with Crippen molar-refractivity contribution in [2.45, 2.75) is 117 Å². The lowest BCUT2D eigenvalue weighted by atomic mass is 9.93. The summed E-state index contributed by atoms with van der Waals surface area (Å²) in [6, 6.07) is 0. The minimum absolute atomic E-state index is 0.651. The fourth-order valence-electron chi connectivity index (χ4n) is 4.78. The molecule has 0 nitrogen and oxygen atoms in total. The molecule has 0 aliphatic heterocycles. The van der Waals surface area contributed by atoms with Crippen LogP contribution in [-0.2, 0) is 0 Å². The summed E-state index contributed by atoms with van der Waals surface area (Å²) in [5.41, 5.74) is 0. The fraction of sp³-hybridized carbons (Fsp3) is 1.00. The van der Waals surface area contributed by atoms with Crippen LogP contribution in [0.1, 0.15) is 101 Å². The van der Waals surface area contributed by atoms with E-state index in [4.69, 9.17) is 0 Å². The second-order valence-electron chi connectivity index (χ2n) is 9.80. The average Bonchev–Trinajstić information content (AvgIpc) is 2.55. The predicted molar refractivity (Wildman–Crippen MR) is 120 cm³/mol. The van der Waals surface area contributed by atoms with Gasteiger partial charge in [-0.25, -0.2) is 0 Å². The zero-order valence-corrected chi connectivity index (χ0v) is 20.6. The summed E-state index contributed by atoms with van der Waals surface area (Å²) in [5, 5.41) is 4.77. The molecule has 0 radical (unpaired) electrons. The molecule has 1 heteroatoms. The molecule has 0 saturated heterocycles. The van der Waals surface area contributed by atoms with Gasteiger partial charge in [-0.2, -0.15) is 0 Å². The normalized spacial score (nSPS) is 19.1. The van der Waals surface area contributed by atoms with Crippen LogP contribution in [-0.4, -0.2) is 14.1 Å². The molecule has 0 N–H and O–H groups in total. The van der Waals surface area contributed by atoms with Gasteiger partial charge < -0.3 is 0 Å². The number of hydrogen-bond acceptors (Lipinski definition) is 0. The van der Waals surface area contributed by atoms with Crippen LogP contribution < -0.4 is 0 Å². The maximum atomic E-state index is 2.56. The summed E-state index contributed by atoms with van der Waals surface area (Å²) < 4.78 is 0. The molecule has 0 heterocycles. The lowest BCUT2D eigenvalue weighted by Gasteiger charge is -2.29. The van der Waals surface area contributed by atoms with Crippen molar-refractivity contribution in [3.8, 4) is 0 Å². The highest BCUT2D eigenvalue weighted by Gasteiger charge is 2.29. The van der Waals surface area contributed by atoms with Gasteiger partial charge in [0, 0.05) is 0 Å². The Bertz CT molecular complexity index is 253. The quantitative estimate of drug-likeness (QED) is 0.254. The topological polar surface area (TPSA) is 0 Å². The van der Waals surface area contributed by atoms with Crippen LogP contribution in [0.2, 0.25) is 15.8 Å². The number of rotatable bonds is 15. The van der Waals surface area contributed by atoms with Gasteiger partial charge in [-0.05, 0) is 17.8 Å². The van der Waals surface area contributed by atoms with Crippen molar-refractivity contribution in [2.75, 3.05) is 0 Å². The first-order chi connectivity index (χ1) is 11.8. The Morgan fingerprint density at radius 2 is 0.680 bits per heavy atom. The molecule has 0 fully saturated rings. The molecule has 0 aromatic heterocycles. The van der Waals surface area contributed by atoms with Gasteiger partial charge in [0.25, 0.3) is 14.1 Å². The van der Waals surface area contributed by atoms with Crippen molar-refractivity contribution in [3.05, 3.63) is 0 Å². The minimum atomic E-state index is -0.651. The lowest BCUT2D eigenvalue weighted by molar-refractivity contribution is 0.362. The third kappa shape index (κ3) is 11.1. The SMILES string of the molecule is CCCC(C)C(C)[CH2][Al]([CH2]C(C)C(C)CCC)[CH2]C(C)C(C)CCC. The maximum absolute atomic E-state index is 2.56. The Morgan fingerprint density at radius 3 is 0.880 bits per heavy atom. The molecule has 0 aromatic carbocycles. The first-order valence-electron chi connectivity index (χ1n) is 11.8. The number of hydrogen-bond donors (Lipinski definition) is 0. The van der Waals surface area contributed by atoms with Crippen LogP contribution in [0, 0.1) is 35.5 Å². The molecule has 0 aliphatic rings. The molecule has 0 aromatic rings. The molecule has 25 heavy (non-hydrogen) atoms. The average molecular weight is 367 g/mol. The Kier molecular flexibility index (Phi) is 14.9. The van der Waals surface area contributed by atoms with Crippen molar-refractivity contribution < 1.29 is 0 Å². The molecule has 6 unspecified atom stereocenters. The summed E-state index contributed by atoms with van der Waals surface area (Å²) in [6.45, 7) is 22.2. The van der Waals surface area contributed by atoms with Crippen molar-refractivity contribution >= 4 is 14.1 Å². The predicted octanol–water partition coefficient (Wildman–Crippen LogP) is 8.70. The lowest BCUT2D eigenvalue weighted by Crippen LogP contribution is -2.27. The Labute approximate surface area is 166 Å². The highest BCUT2D eigenvalue weighted by Crippen LogP contribution is 2.33. The van der Waals surface area contributed by atoms with Gasteiger partial charge in [0.2, 0.25) is 0 Å². The van der Waals surface area contributed by atoms with Gasteiger partial charge in [-0.1, -0.05) is 134 Å². The minimum Gasteiger partial charge on any atom is -0.0910 e. The van der Waals surface area contributed by atoms with E-state index < -0.39 is 14.1 Å². The molecule has 0 spiro atoms. The van der Waals surface area contributed by atoms with Gasteiger partial charge in [-0.15, -0.1) is 0 Å². The molecule has 0 amide bonds. The zero-order valence-electron chi connectivity index (χ0n) is 19.4. The van der Waals surface area contributed by atoms with E-state index in [1.54, 1.807) is 15.8 Å². The van der Waals surface area contributed by atoms with Crippen molar-refractivity contribution in [1.82, 2.24) is 0 Å². The summed E-state index contributed by atoms with van der Waals surface area (Å²) in [7, 11) is 0. The van der Waals surface area contributed by atoms with E-state index in [2.05, 4.69) is 62.3 Å². The Morgan fingerprint density at radius 1 is 0.440 bits per heavy atom. The van der Waals surface area contributed by atoms with Gasteiger partial charge in [0.05, 0.1) is 0 Å². The van der Waals surface area contributed by atoms with Gasteiger partial charge in [0.15, 0.2) is 0 Å². The molecule has 0 aliphatic carbocycles. The van der Waals surface area contributed by atoms with Crippen LogP contribution in [0.5, 0.6) is 0 Å². The summed E-state index contributed by atoms with van der Waals surface area (Å²) in [4.78, 5) is 0. The monoisotopic (exact) mass is 366 g/mol. The standard InChI is InChI=1S/3C8H17.Al/c3*1-5-6-8(4)7(2)3;/h3*7-8H,2,5-6H2,1,3-4H3;. The van der Waals surface area contributed by atoms with Crippen LogP contribution >= 0.6 is 0 Å². The Hall–Kier alpha value is 0.532. The zero-order chi connectivity index (χ0) is 19.4. The van der Waals surface area contributed by atoms with Gasteiger partial charge in [-0.3, -0.25) is 0 Å². The maximum Gasteiger partial charge on any atom is 0.262 e. The highest BCUT2D eigenvalue weighted by atomic mass is 27.2. The molecule has 0 bridgehead atoms. The summed E-state index contributed by atoms with van der Waals surface area (Å²) in [5.74, 6) is 5.60. The van der Waals surface area contributed by atoms with E-state index in [1.165, 1.54) is 38.5 Å². The van der Waals surface area contributed by atoms with Crippen molar-refractivity contribution in [2.24, 2.45) is 35.5 Å². The van der Waals surface area contributed by atoms with E-state index in [1.807, 2.05) is 0 Å². The molecular formula is C24H51Al. The van der Waals surface area contributed by atoms with Crippen molar-refractivity contribution in [3.63, 3.8) is 0 Å². The van der Waals surface area contributed by atoms with Crippen LogP contribution in [0.25, 0.3) is 0 Å². The smallest absolute Gasteiger partial charge is 0.0910 e. The summed E-state index contributed by atoms with van der Waals surface area (Å²) in [6.07, 6.45) is 8.33.